The average molecular weight is 294 g/mol. The Morgan fingerprint density at radius 3 is 2.73 bits per heavy atom. The first-order chi connectivity index (χ1) is 10.8. The van der Waals surface area contributed by atoms with Crippen molar-refractivity contribution >= 4 is 17.7 Å². The summed E-state index contributed by atoms with van der Waals surface area (Å²) in [5, 5.41) is 8.44. The van der Waals surface area contributed by atoms with Crippen LogP contribution in [-0.4, -0.2) is 17.7 Å². The number of nitrogens with zero attached hydrogens (tertiary/aromatic N) is 1. The standard InChI is InChI=1S/C18H18N2O2/c21-18(19-22)10-9-14-5-7-15(8-6-14)13-20-12-11-16-3-1-2-4-17(16)20/h1-10,22H,11-13H2,(H,19,21)/b10-9+. The predicted molar refractivity (Wildman–Crippen MR) is 86.6 cm³/mol. The van der Waals surface area contributed by atoms with Crippen LogP contribution in [0.2, 0.25) is 0 Å². The smallest absolute Gasteiger partial charge is 0.267 e. The first-order valence-electron chi connectivity index (χ1n) is 7.30. The van der Waals surface area contributed by atoms with Crippen LogP contribution in [0.3, 0.4) is 0 Å². The highest BCUT2D eigenvalue weighted by molar-refractivity contribution is 5.90. The molecule has 0 bridgehead atoms. The van der Waals surface area contributed by atoms with Crippen molar-refractivity contribution in [2.45, 2.75) is 13.0 Å². The van der Waals surface area contributed by atoms with Gasteiger partial charge in [0.05, 0.1) is 0 Å². The van der Waals surface area contributed by atoms with Crippen molar-refractivity contribution < 1.29 is 10.0 Å². The number of hydrogen-bond donors (Lipinski definition) is 2. The van der Waals surface area contributed by atoms with Gasteiger partial charge in [-0.05, 0) is 35.3 Å². The third kappa shape index (κ3) is 3.18. The summed E-state index contributed by atoms with van der Waals surface area (Å²) in [6, 6.07) is 16.6. The molecule has 0 radical (unpaired) electrons. The van der Waals surface area contributed by atoms with E-state index in [4.69, 9.17) is 5.21 Å². The maximum atomic E-state index is 10.9. The van der Waals surface area contributed by atoms with Crippen LogP contribution in [-0.2, 0) is 17.8 Å². The SMILES string of the molecule is O=C(/C=C/c1ccc(CN2CCc3ccccc32)cc1)NO. The molecule has 112 valence electrons. The molecule has 2 aromatic carbocycles. The molecule has 0 saturated heterocycles. The van der Waals surface area contributed by atoms with Crippen LogP contribution >= 0.6 is 0 Å². The minimum Gasteiger partial charge on any atom is -0.367 e. The molecule has 0 aromatic heterocycles. The molecule has 0 unspecified atom stereocenters. The zero-order valence-electron chi connectivity index (χ0n) is 12.2. The number of benzene rings is 2. The molecule has 0 atom stereocenters. The van der Waals surface area contributed by atoms with Crippen LogP contribution in [0.15, 0.2) is 54.6 Å². The van der Waals surface area contributed by atoms with Crippen LogP contribution in [0, 0.1) is 0 Å². The number of carbonyl (C=O) groups excluding carboxylic acids is 1. The summed E-state index contributed by atoms with van der Waals surface area (Å²) < 4.78 is 0. The lowest BCUT2D eigenvalue weighted by molar-refractivity contribution is -0.124. The van der Waals surface area contributed by atoms with E-state index in [9.17, 15) is 4.79 Å². The molecule has 4 nitrogen and oxygen atoms in total. The maximum absolute atomic E-state index is 10.9. The highest BCUT2D eigenvalue weighted by Crippen LogP contribution is 2.28. The summed E-state index contributed by atoms with van der Waals surface area (Å²) in [7, 11) is 0. The second-order valence-electron chi connectivity index (χ2n) is 5.35. The predicted octanol–water partition coefficient (Wildman–Crippen LogP) is 2.77. The van der Waals surface area contributed by atoms with Gasteiger partial charge in [0.25, 0.3) is 5.91 Å². The number of para-hydroxylation sites is 1. The fraction of sp³-hybridized carbons (Fsp3) is 0.167. The Balaban J connectivity index is 1.67. The molecular formula is C18H18N2O2. The van der Waals surface area contributed by atoms with E-state index in [1.807, 2.05) is 12.1 Å². The fourth-order valence-electron chi connectivity index (χ4n) is 2.73. The van der Waals surface area contributed by atoms with Gasteiger partial charge in [-0.1, -0.05) is 42.5 Å². The minimum absolute atomic E-state index is 0.530. The average Bonchev–Trinajstić information content (AvgIpc) is 2.97. The van der Waals surface area contributed by atoms with E-state index in [0.717, 1.165) is 25.1 Å². The quantitative estimate of drug-likeness (QED) is 0.518. The Hall–Kier alpha value is -2.59. The number of amides is 1. The van der Waals surface area contributed by atoms with E-state index in [1.54, 1.807) is 11.6 Å². The summed E-state index contributed by atoms with van der Waals surface area (Å²) in [5.74, 6) is -0.530. The maximum Gasteiger partial charge on any atom is 0.267 e. The minimum atomic E-state index is -0.530. The van der Waals surface area contributed by atoms with Gasteiger partial charge in [0, 0.05) is 24.9 Å². The number of fused-ring (bicyclic) bond motifs is 1. The summed E-state index contributed by atoms with van der Waals surface area (Å²) in [4.78, 5) is 13.3. The number of hydrogen-bond acceptors (Lipinski definition) is 3. The second kappa shape index (κ2) is 6.45. The Bertz CT molecular complexity index is 692. The second-order valence-corrected chi connectivity index (χ2v) is 5.35. The number of rotatable bonds is 4. The molecule has 0 fully saturated rings. The molecule has 1 aliphatic rings. The molecular weight excluding hydrogens is 276 g/mol. The largest absolute Gasteiger partial charge is 0.367 e. The summed E-state index contributed by atoms with van der Waals surface area (Å²) >= 11 is 0. The summed E-state index contributed by atoms with van der Waals surface area (Å²) in [6.07, 6.45) is 4.07. The molecule has 3 rings (SSSR count). The van der Waals surface area contributed by atoms with Crippen molar-refractivity contribution in [1.82, 2.24) is 5.48 Å². The third-order valence-corrected chi connectivity index (χ3v) is 3.87. The van der Waals surface area contributed by atoms with Crippen molar-refractivity contribution in [1.29, 1.82) is 0 Å². The van der Waals surface area contributed by atoms with Gasteiger partial charge in [-0.25, -0.2) is 5.48 Å². The van der Waals surface area contributed by atoms with Gasteiger partial charge in [-0.15, -0.1) is 0 Å². The van der Waals surface area contributed by atoms with Crippen molar-refractivity contribution in [3.63, 3.8) is 0 Å². The first kappa shape index (κ1) is 14.4. The lowest BCUT2D eigenvalue weighted by Gasteiger charge is -2.19. The molecule has 2 N–H and O–H groups in total. The number of anilines is 1. The number of nitrogens with one attached hydrogen (secondary N) is 1. The van der Waals surface area contributed by atoms with E-state index >= 15 is 0 Å². The molecule has 1 amide bonds. The van der Waals surface area contributed by atoms with Gasteiger partial charge in [0.2, 0.25) is 0 Å². The number of carbonyl (C=O) groups is 1. The monoisotopic (exact) mass is 294 g/mol. The Morgan fingerprint density at radius 1 is 1.18 bits per heavy atom. The molecule has 22 heavy (non-hydrogen) atoms. The molecule has 0 aliphatic carbocycles. The van der Waals surface area contributed by atoms with Crippen LogP contribution in [0.25, 0.3) is 6.08 Å². The first-order valence-corrected chi connectivity index (χ1v) is 7.30. The van der Waals surface area contributed by atoms with Crippen molar-refractivity contribution in [2.75, 3.05) is 11.4 Å². The van der Waals surface area contributed by atoms with E-state index in [-0.39, 0.29) is 0 Å². The molecule has 4 heteroatoms. The normalized spacial score (nSPS) is 13.4. The van der Waals surface area contributed by atoms with Crippen LogP contribution < -0.4 is 10.4 Å². The Kier molecular flexibility index (Phi) is 4.21. The Morgan fingerprint density at radius 2 is 1.95 bits per heavy atom. The van der Waals surface area contributed by atoms with Crippen molar-refractivity contribution in [2.24, 2.45) is 0 Å². The topological polar surface area (TPSA) is 52.6 Å². The van der Waals surface area contributed by atoms with Crippen LogP contribution in [0.5, 0.6) is 0 Å². The highest BCUT2D eigenvalue weighted by Gasteiger charge is 2.17. The van der Waals surface area contributed by atoms with Crippen molar-refractivity contribution in [3.8, 4) is 0 Å². The van der Waals surface area contributed by atoms with E-state index in [0.29, 0.717) is 0 Å². The number of hydroxylamine groups is 1. The van der Waals surface area contributed by atoms with Crippen molar-refractivity contribution in [3.05, 3.63) is 71.3 Å². The van der Waals surface area contributed by atoms with Gasteiger partial charge in [-0.2, -0.15) is 0 Å². The lowest BCUT2D eigenvalue weighted by Crippen LogP contribution is -2.19. The fourth-order valence-corrected chi connectivity index (χ4v) is 2.73. The van der Waals surface area contributed by atoms with Gasteiger partial charge in [0.1, 0.15) is 0 Å². The van der Waals surface area contributed by atoms with Gasteiger partial charge in [-0.3, -0.25) is 10.0 Å². The highest BCUT2D eigenvalue weighted by atomic mass is 16.5. The van der Waals surface area contributed by atoms with Crippen LogP contribution in [0.1, 0.15) is 16.7 Å². The van der Waals surface area contributed by atoms with E-state index in [1.165, 1.54) is 22.9 Å². The van der Waals surface area contributed by atoms with Gasteiger partial charge in [0.15, 0.2) is 0 Å². The third-order valence-electron chi connectivity index (χ3n) is 3.87. The zero-order chi connectivity index (χ0) is 15.4. The van der Waals surface area contributed by atoms with E-state index in [2.05, 4.69) is 41.3 Å². The Labute approximate surface area is 129 Å². The molecule has 1 aliphatic heterocycles. The molecule has 0 spiro atoms. The molecule has 2 aromatic rings. The van der Waals surface area contributed by atoms with E-state index < -0.39 is 5.91 Å². The van der Waals surface area contributed by atoms with Gasteiger partial charge >= 0.3 is 0 Å². The summed E-state index contributed by atoms with van der Waals surface area (Å²) in [5.41, 5.74) is 6.47. The molecule has 0 saturated carbocycles. The zero-order valence-corrected chi connectivity index (χ0v) is 12.2. The lowest BCUT2D eigenvalue weighted by atomic mass is 10.1. The van der Waals surface area contributed by atoms with Gasteiger partial charge < -0.3 is 4.90 Å². The van der Waals surface area contributed by atoms with Crippen LogP contribution in [0.4, 0.5) is 5.69 Å². The summed E-state index contributed by atoms with van der Waals surface area (Å²) in [6.45, 7) is 1.94. The molecule has 1 heterocycles.